The number of aromatic nitrogens is 5. The molecular weight excluding hydrogens is 442 g/mol. The van der Waals surface area contributed by atoms with Crippen LogP contribution in [0.3, 0.4) is 0 Å². The smallest absolute Gasteiger partial charge is 0.316 e. The fourth-order valence-electron chi connectivity index (χ4n) is 6.42. The van der Waals surface area contributed by atoms with Crippen molar-refractivity contribution in [1.29, 1.82) is 0 Å². The van der Waals surface area contributed by atoms with Gasteiger partial charge in [0.05, 0.1) is 42.4 Å². The monoisotopic (exact) mass is 469 g/mol. The summed E-state index contributed by atoms with van der Waals surface area (Å²) in [5, 5.41) is 39.5. The van der Waals surface area contributed by atoms with Gasteiger partial charge in [-0.25, -0.2) is 9.97 Å². The Bertz CT molecular complexity index is 1210. The Morgan fingerprint density at radius 3 is 2.68 bits per heavy atom. The molecule has 0 spiro atoms. The third-order valence-corrected chi connectivity index (χ3v) is 7.64. The van der Waals surface area contributed by atoms with Gasteiger partial charge in [0.1, 0.15) is 5.52 Å². The molecule has 7 rings (SSSR count). The molecule has 5 atom stereocenters. The molecule has 4 aliphatic carbocycles. The summed E-state index contributed by atoms with van der Waals surface area (Å²) in [5.74, 6) is 0.542. The fourth-order valence-corrected chi connectivity index (χ4v) is 6.42. The zero-order chi connectivity index (χ0) is 23.4. The molecule has 4 saturated carbocycles. The van der Waals surface area contributed by atoms with Crippen molar-refractivity contribution in [3.8, 4) is 11.4 Å². The first kappa shape index (κ1) is 21.4. The van der Waals surface area contributed by atoms with Crippen LogP contribution in [0.4, 0.5) is 5.69 Å². The molecule has 3 aromatic heterocycles. The summed E-state index contributed by atoms with van der Waals surface area (Å²) in [6.07, 6.45) is 7.90. The Balaban J connectivity index is 1.32. The predicted octanol–water partition coefficient (Wildman–Crippen LogP) is 0.442. The van der Waals surface area contributed by atoms with Crippen LogP contribution < -0.4 is 10.6 Å². The van der Waals surface area contributed by atoms with E-state index in [1.165, 1.54) is 0 Å². The van der Waals surface area contributed by atoms with Gasteiger partial charge in [-0.2, -0.15) is 4.98 Å². The number of aromatic amines is 1. The van der Waals surface area contributed by atoms with Gasteiger partial charge in [-0.3, -0.25) is 4.79 Å². The van der Waals surface area contributed by atoms with Crippen LogP contribution in [0.2, 0.25) is 0 Å². The van der Waals surface area contributed by atoms with Crippen LogP contribution in [0.25, 0.3) is 22.6 Å². The van der Waals surface area contributed by atoms with Gasteiger partial charge in [-0.1, -0.05) is 5.16 Å². The number of aliphatic hydroxyl groups excluding tert-OH is 2. The van der Waals surface area contributed by atoms with Crippen LogP contribution in [0.15, 0.2) is 17.0 Å². The average molecular weight is 470 g/mol. The number of rotatable bonds is 7. The summed E-state index contributed by atoms with van der Waals surface area (Å²) in [6, 6.07) is -0.635. The van der Waals surface area contributed by atoms with E-state index in [0.29, 0.717) is 34.5 Å². The quantitative estimate of drug-likeness (QED) is 0.284. The Hall–Kier alpha value is -3.09. The minimum Gasteiger partial charge on any atom is -0.394 e. The first-order chi connectivity index (χ1) is 16.5. The molecule has 0 aromatic carbocycles. The number of pyridine rings is 1. The lowest BCUT2D eigenvalue weighted by atomic mass is 9.52. The minimum atomic E-state index is -0.824. The van der Waals surface area contributed by atoms with Gasteiger partial charge in [0.15, 0.2) is 5.65 Å². The van der Waals surface area contributed by atoms with Gasteiger partial charge in [0.25, 0.3) is 0 Å². The van der Waals surface area contributed by atoms with Gasteiger partial charge in [-0.15, -0.1) is 0 Å². The highest BCUT2D eigenvalue weighted by Gasteiger charge is 2.54. The fraction of sp³-hybridized carbons (Fsp3) is 0.591. The Labute approximate surface area is 194 Å². The molecule has 3 aromatic rings. The number of nitrogens with one attached hydrogen (secondary N) is 3. The zero-order valence-electron chi connectivity index (χ0n) is 18.4. The second kappa shape index (κ2) is 8.00. The number of anilines is 1. The number of carbonyl (C=O) groups is 1. The number of carbonyl (C=O) groups excluding carboxylic acids is 1. The van der Waals surface area contributed by atoms with Gasteiger partial charge in [0.2, 0.25) is 5.82 Å². The van der Waals surface area contributed by atoms with Gasteiger partial charge in [0, 0.05) is 12.2 Å². The van der Waals surface area contributed by atoms with E-state index in [9.17, 15) is 20.1 Å². The van der Waals surface area contributed by atoms with Crippen molar-refractivity contribution in [1.82, 2.24) is 30.4 Å². The van der Waals surface area contributed by atoms with E-state index in [-0.39, 0.29) is 17.8 Å². The van der Waals surface area contributed by atoms with Crippen LogP contribution in [-0.2, 0) is 0 Å². The Morgan fingerprint density at radius 1 is 1.21 bits per heavy atom. The number of nitrogens with zero attached hydrogens (tertiary/aromatic N) is 4. The van der Waals surface area contributed by atoms with Crippen LogP contribution >= 0.6 is 0 Å². The first-order valence-corrected chi connectivity index (χ1v) is 11.6. The first-order valence-electron chi connectivity index (χ1n) is 11.6. The second-order valence-corrected chi connectivity index (χ2v) is 9.97. The third kappa shape index (κ3) is 3.53. The molecule has 1 amide bonds. The van der Waals surface area contributed by atoms with Crippen LogP contribution in [0, 0.1) is 17.8 Å². The Kier molecular flexibility index (Phi) is 5.04. The average Bonchev–Trinajstić information content (AvgIpc) is 3.48. The number of imidazole rings is 1. The summed E-state index contributed by atoms with van der Waals surface area (Å²) in [7, 11) is 0. The molecule has 4 aliphatic rings. The van der Waals surface area contributed by atoms with Gasteiger partial charge < -0.3 is 35.5 Å². The molecule has 12 nitrogen and oxygen atoms in total. The molecule has 4 bridgehead atoms. The number of H-pyrrole nitrogens is 1. The van der Waals surface area contributed by atoms with Crippen molar-refractivity contribution < 1.29 is 24.6 Å². The normalized spacial score (nSPS) is 29.8. The number of amides is 1. The molecular formula is C22H27N7O5. The third-order valence-electron chi connectivity index (χ3n) is 7.64. The summed E-state index contributed by atoms with van der Waals surface area (Å²) < 4.78 is 5.17. The van der Waals surface area contributed by atoms with Crippen LogP contribution in [0.5, 0.6) is 0 Å². The maximum atomic E-state index is 12.4. The van der Waals surface area contributed by atoms with E-state index < -0.39 is 30.8 Å². The zero-order valence-corrected chi connectivity index (χ0v) is 18.4. The van der Waals surface area contributed by atoms with Crippen molar-refractivity contribution in [3.63, 3.8) is 0 Å². The number of hydrogen-bond donors (Lipinski definition) is 6. The largest absolute Gasteiger partial charge is 0.394 e. The second-order valence-electron chi connectivity index (χ2n) is 9.97. The lowest BCUT2D eigenvalue weighted by Crippen LogP contribution is -2.59. The Morgan fingerprint density at radius 2 is 1.97 bits per heavy atom. The topological polar surface area (TPSA) is 182 Å². The number of fused-ring (bicyclic) bond motifs is 1. The standard InChI is InChI=1S/C22H27N7O5/c30-7-13(8-31)26-20(32)21-28-18(29-34-21)14-6-23-19-17(24-9-25-19)16(14)27-15-11-1-10-2-12(15)5-22(33,3-10)4-11/h6,9-13,15,30-31,33H,1-5,7-8H2,(H,26,32)(H2,23,24,25,27)/t10?,11-,12+,15?,22?. The van der Waals surface area contributed by atoms with E-state index in [1.807, 2.05) is 0 Å². The number of aliphatic hydroxyl groups is 3. The molecule has 3 heterocycles. The highest BCUT2D eigenvalue weighted by Crippen LogP contribution is 2.56. The van der Waals surface area contributed by atoms with Crippen molar-refractivity contribution in [2.24, 2.45) is 17.8 Å². The molecule has 4 fully saturated rings. The van der Waals surface area contributed by atoms with E-state index in [0.717, 1.165) is 37.8 Å². The molecule has 6 N–H and O–H groups in total. The van der Waals surface area contributed by atoms with Crippen LogP contribution in [-0.4, -0.2) is 77.2 Å². The van der Waals surface area contributed by atoms with E-state index in [2.05, 4.69) is 35.7 Å². The van der Waals surface area contributed by atoms with Gasteiger partial charge >= 0.3 is 11.8 Å². The summed E-state index contributed by atoms with van der Waals surface area (Å²) in [4.78, 5) is 28.4. The molecule has 0 saturated heterocycles. The predicted molar refractivity (Wildman–Crippen MR) is 119 cm³/mol. The molecule has 180 valence electrons. The lowest BCUT2D eigenvalue weighted by molar-refractivity contribution is -0.129. The van der Waals surface area contributed by atoms with Gasteiger partial charge in [-0.05, 0) is 49.9 Å². The van der Waals surface area contributed by atoms with Crippen LogP contribution in [0.1, 0.15) is 42.8 Å². The van der Waals surface area contributed by atoms with Crippen molar-refractivity contribution in [2.45, 2.75) is 49.8 Å². The molecule has 12 heteroatoms. The maximum absolute atomic E-state index is 12.4. The summed E-state index contributed by atoms with van der Waals surface area (Å²) in [6.45, 7) is -0.838. The van der Waals surface area contributed by atoms with Crippen molar-refractivity contribution in [3.05, 3.63) is 18.4 Å². The van der Waals surface area contributed by atoms with E-state index >= 15 is 0 Å². The molecule has 0 aliphatic heterocycles. The van der Waals surface area contributed by atoms with E-state index in [1.54, 1.807) is 12.5 Å². The van der Waals surface area contributed by atoms with Crippen molar-refractivity contribution in [2.75, 3.05) is 18.5 Å². The highest BCUT2D eigenvalue weighted by atomic mass is 16.5. The highest BCUT2D eigenvalue weighted by molar-refractivity contribution is 5.95. The SMILES string of the molecule is O=C(NC(CO)CO)c1nc(-c2cnc3nc[nH]c3c2NC2[C@@H]3CC4C[C@H]2CC(O)(C4)C3)no1. The lowest BCUT2D eigenvalue weighted by Gasteiger charge is -2.58. The number of hydrogen-bond acceptors (Lipinski definition) is 10. The summed E-state index contributed by atoms with van der Waals surface area (Å²) >= 11 is 0. The van der Waals surface area contributed by atoms with E-state index in [4.69, 9.17) is 4.52 Å². The summed E-state index contributed by atoms with van der Waals surface area (Å²) in [5.41, 5.74) is 2.03. The molecule has 3 unspecified atom stereocenters. The molecule has 0 radical (unpaired) electrons. The maximum Gasteiger partial charge on any atom is 0.316 e. The minimum absolute atomic E-state index is 0.184. The van der Waals surface area contributed by atoms with Crippen molar-refractivity contribution >= 4 is 22.8 Å². The molecule has 34 heavy (non-hydrogen) atoms.